The molecule has 0 saturated heterocycles. The first-order valence-electron chi connectivity index (χ1n) is 6.84. The maximum atomic E-state index is 10.8. The molecule has 1 heterocycles. The largest absolute Gasteiger partial charge is 0.508 e. The molecule has 0 saturated carbocycles. The second kappa shape index (κ2) is 6.45. The van der Waals surface area contributed by atoms with Gasteiger partial charge in [-0.1, -0.05) is 30.3 Å². The summed E-state index contributed by atoms with van der Waals surface area (Å²) in [6, 6.07) is 13.5. The highest BCUT2D eigenvalue weighted by Crippen LogP contribution is 2.28. The van der Waals surface area contributed by atoms with Crippen LogP contribution < -0.4 is 5.32 Å². The van der Waals surface area contributed by atoms with Crippen LogP contribution in [-0.4, -0.2) is 15.0 Å². The molecular weight excluding hydrogens is 314 g/mol. The molecule has 2 aromatic carbocycles. The monoisotopic (exact) mass is 327 g/mol. The number of non-ortho nitro benzene ring substituents is 1. The summed E-state index contributed by atoms with van der Waals surface area (Å²) in [5.41, 5.74) is 2.20. The van der Waals surface area contributed by atoms with Gasteiger partial charge < -0.3 is 10.4 Å². The second-order valence-corrected chi connectivity index (χ2v) is 5.69. The number of nitro benzene ring substituents is 1. The molecule has 7 heteroatoms. The van der Waals surface area contributed by atoms with E-state index in [9.17, 15) is 15.2 Å². The number of nitrogens with one attached hydrogen (secondary N) is 1. The lowest BCUT2D eigenvalue weighted by molar-refractivity contribution is -0.384. The number of phenols is 1. The molecule has 1 aromatic heterocycles. The van der Waals surface area contributed by atoms with Gasteiger partial charge in [0.15, 0.2) is 5.13 Å². The Balaban J connectivity index is 1.74. The molecule has 0 bridgehead atoms. The van der Waals surface area contributed by atoms with Gasteiger partial charge in [0.05, 0.1) is 10.6 Å². The van der Waals surface area contributed by atoms with Gasteiger partial charge in [0.25, 0.3) is 5.69 Å². The predicted molar refractivity (Wildman–Crippen MR) is 89.6 cm³/mol. The molecule has 0 spiro atoms. The van der Waals surface area contributed by atoms with E-state index in [1.165, 1.54) is 23.5 Å². The first-order chi connectivity index (χ1) is 11.1. The lowest BCUT2D eigenvalue weighted by atomic mass is 10.1. The van der Waals surface area contributed by atoms with Crippen molar-refractivity contribution in [1.29, 1.82) is 0 Å². The molecule has 0 fully saturated rings. The molecule has 0 atom stereocenters. The molecule has 6 nitrogen and oxygen atoms in total. The smallest absolute Gasteiger partial charge is 0.270 e. The van der Waals surface area contributed by atoms with Gasteiger partial charge in [-0.05, 0) is 6.07 Å². The third-order valence-electron chi connectivity index (χ3n) is 3.28. The Morgan fingerprint density at radius 1 is 1.22 bits per heavy atom. The van der Waals surface area contributed by atoms with E-state index in [2.05, 4.69) is 10.3 Å². The van der Waals surface area contributed by atoms with Gasteiger partial charge in [0.1, 0.15) is 5.75 Å². The zero-order valence-electron chi connectivity index (χ0n) is 12.0. The highest BCUT2D eigenvalue weighted by molar-refractivity contribution is 7.14. The fourth-order valence-electron chi connectivity index (χ4n) is 2.10. The Morgan fingerprint density at radius 3 is 2.83 bits per heavy atom. The second-order valence-electron chi connectivity index (χ2n) is 4.83. The first-order valence-corrected chi connectivity index (χ1v) is 7.72. The van der Waals surface area contributed by atoms with Crippen LogP contribution in [0.25, 0.3) is 11.3 Å². The van der Waals surface area contributed by atoms with Crippen LogP contribution in [0.15, 0.2) is 53.9 Å². The number of nitrogens with zero attached hydrogens (tertiary/aromatic N) is 2. The Morgan fingerprint density at radius 2 is 2.04 bits per heavy atom. The summed E-state index contributed by atoms with van der Waals surface area (Å²) in [5, 5.41) is 26.2. The van der Waals surface area contributed by atoms with Gasteiger partial charge in [0.2, 0.25) is 0 Å². The average Bonchev–Trinajstić information content (AvgIpc) is 3.03. The normalized spacial score (nSPS) is 10.4. The minimum Gasteiger partial charge on any atom is -0.508 e. The molecule has 0 aliphatic heterocycles. The first kappa shape index (κ1) is 15.0. The van der Waals surface area contributed by atoms with Crippen molar-refractivity contribution in [3.8, 4) is 17.0 Å². The highest BCUT2D eigenvalue weighted by atomic mass is 32.1. The van der Waals surface area contributed by atoms with Crippen LogP contribution in [0.4, 0.5) is 10.8 Å². The number of aromatic nitrogens is 1. The lowest BCUT2D eigenvalue weighted by Crippen LogP contribution is -1.99. The van der Waals surface area contributed by atoms with Crippen molar-refractivity contribution < 1.29 is 10.0 Å². The third-order valence-corrected chi connectivity index (χ3v) is 4.08. The number of phenolic OH excluding ortho intramolecular Hbond substituents is 1. The molecule has 23 heavy (non-hydrogen) atoms. The molecule has 2 N–H and O–H groups in total. The molecule has 0 amide bonds. The molecule has 3 rings (SSSR count). The van der Waals surface area contributed by atoms with Gasteiger partial charge >= 0.3 is 0 Å². The van der Waals surface area contributed by atoms with Crippen LogP contribution in [0.5, 0.6) is 5.75 Å². The standard InChI is InChI=1S/C16H13N3O3S/c20-15-7-2-1-4-12(15)9-17-16-18-14(10-23-16)11-5-3-6-13(8-11)19(21)22/h1-8,10,20H,9H2,(H,17,18). The third kappa shape index (κ3) is 3.46. The number of hydrogen-bond donors (Lipinski definition) is 2. The van der Waals surface area contributed by atoms with Crippen LogP contribution in [0, 0.1) is 10.1 Å². The lowest BCUT2D eigenvalue weighted by Gasteiger charge is -2.04. The Hall–Kier alpha value is -2.93. The maximum Gasteiger partial charge on any atom is 0.270 e. The minimum absolute atomic E-state index is 0.0409. The summed E-state index contributed by atoms with van der Waals surface area (Å²) in [5.74, 6) is 0.232. The zero-order valence-corrected chi connectivity index (χ0v) is 12.8. The summed E-state index contributed by atoms with van der Waals surface area (Å²) >= 11 is 1.41. The molecule has 0 radical (unpaired) electrons. The average molecular weight is 327 g/mol. The molecule has 116 valence electrons. The van der Waals surface area contributed by atoms with E-state index in [0.717, 1.165) is 5.56 Å². The van der Waals surface area contributed by atoms with Crippen molar-refractivity contribution in [2.45, 2.75) is 6.54 Å². The zero-order chi connectivity index (χ0) is 16.2. The number of hydrogen-bond acceptors (Lipinski definition) is 6. The number of benzene rings is 2. The van der Waals surface area contributed by atoms with Crippen molar-refractivity contribution in [3.05, 3.63) is 69.6 Å². The molecular formula is C16H13N3O3S. The van der Waals surface area contributed by atoms with E-state index < -0.39 is 4.92 Å². The highest BCUT2D eigenvalue weighted by Gasteiger charge is 2.10. The SMILES string of the molecule is O=[N+]([O-])c1cccc(-c2csc(NCc3ccccc3O)n2)c1. The summed E-state index contributed by atoms with van der Waals surface area (Å²) in [6.45, 7) is 0.453. The minimum atomic E-state index is -0.423. The van der Waals surface area contributed by atoms with E-state index in [1.54, 1.807) is 24.3 Å². The van der Waals surface area contributed by atoms with E-state index in [0.29, 0.717) is 22.9 Å². The van der Waals surface area contributed by atoms with Crippen molar-refractivity contribution in [2.75, 3.05) is 5.32 Å². The van der Waals surface area contributed by atoms with E-state index in [4.69, 9.17) is 0 Å². The van der Waals surface area contributed by atoms with Gasteiger partial charge in [0, 0.05) is 35.2 Å². The Kier molecular flexibility index (Phi) is 4.20. The van der Waals surface area contributed by atoms with E-state index in [1.807, 2.05) is 17.5 Å². The predicted octanol–water partition coefficient (Wildman–Crippen LogP) is 4.04. The maximum absolute atomic E-state index is 10.8. The van der Waals surface area contributed by atoms with Gasteiger partial charge in [-0.25, -0.2) is 4.98 Å². The van der Waals surface area contributed by atoms with Gasteiger partial charge in [-0.2, -0.15) is 0 Å². The summed E-state index contributed by atoms with van der Waals surface area (Å²) < 4.78 is 0. The van der Waals surface area contributed by atoms with Gasteiger partial charge in [-0.3, -0.25) is 10.1 Å². The summed E-state index contributed by atoms with van der Waals surface area (Å²) in [7, 11) is 0. The Bertz CT molecular complexity index is 848. The quantitative estimate of drug-likeness (QED) is 0.545. The number of anilines is 1. The topological polar surface area (TPSA) is 88.3 Å². The van der Waals surface area contributed by atoms with Crippen LogP contribution >= 0.6 is 11.3 Å². The van der Waals surface area contributed by atoms with Crippen LogP contribution in [0.3, 0.4) is 0 Å². The van der Waals surface area contributed by atoms with Crippen LogP contribution in [0.2, 0.25) is 0 Å². The van der Waals surface area contributed by atoms with Crippen LogP contribution in [-0.2, 0) is 6.54 Å². The number of rotatable bonds is 5. The fraction of sp³-hybridized carbons (Fsp3) is 0.0625. The number of thiazole rings is 1. The van der Waals surface area contributed by atoms with Gasteiger partial charge in [-0.15, -0.1) is 11.3 Å². The Labute approximate surface area is 136 Å². The number of para-hydroxylation sites is 1. The summed E-state index contributed by atoms with van der Waals surface area (Å²) in [6.07, 6.45) is 0. The van der Waals surface area contributed by atoms with Crippen molar-refractivity contribution in [3.63, 3.8) is 0 Å². The fourth-order valence-corrected chi connectivity index (χ4v) is 2.82. The molecule has 0 aliphatic carbocycles. The molecule has 0 unspecified atom stereocenters. The summed E-state index contributed by atoms with van der Waals surface area (Å²) in [4.78, 5) is 14.8. The van der Waals surface area contributed by atoms with E-state index in [-0.39, 0.29) is 11.4 Å². The molecule has 3 aromatic rings. The number of aromatic hydroxyl groups is 1. The number of nitro groups is 1. The van der Waals surface area contributed by atoms with E-state index >= 15 is 0 Å². The van der Waals surface area contributed by atoms with Crippen molar-refractivity contribution in [2.24, 2.45) is 0 Å². The molecule has 0 aliphatic rings. The van der Waals surface area contributed by atoms with Crippen molar-refractivity contribution in [1.82, 2.24) is 4.98 Å². The van der Waals surface area contributed by atoms with Crippen LogP contribution in [0.1, 0.15) is 5.56 Å². The van der Waals surface area contributed by atoms with Crippen molar-refractivity contribution >= 4 is 22.2 Å².